The number of carbonyl (C=O) groups excluding carboxylic acids is 1. The van der Waals surface area contributed by atoms with Crippen LogP contribution in [-0.4, -0.2) is 35.2 Å². The summed E-state index contributed by atoms with van der Waals surface area (Å²) in [4.78, 5) is 12.6. The Morgan fingerprint density at radius 2 is 1.86 bits per heavy atom. The van der Waals surface area contributed by atoms with Crippen LogP contribution in [0.25, 0.3) is 0 Å². The first-order valence-corrected chi connectivity index (χ1v) is 9.48. The van der Waals surface area contributed by atoms with Gasteiger partial charge in [-0.2, -0.15) is 15.3 Å². The van der Waals surface area contributed by atoms with Crippen molar-refractivity contribution < 1.29 is 4.79 Å². The van der Waals surface area contributed by atoms with E-state index in [4.69, 9.17) is 11.6 Å². The van der Waals surface area contributed by atoms with Crippen molar-refractivity contribution in [3.05, 3.63) is 82.5 Å². The summed E-state index contributed by atoms with van der Waals surface area (Å²) in [6.45, 7) is 4.91. The third-order valence-corrected chi connectivity index (χ3v) is 4.67. The minimum absolute atomic E-state index is 0.278. The molecule has 0 radical (unpaired) electrons. The predicted octanol–water partition coefficient (Wildman–Crippen LogP) is 3.35. The Morgan fingerprint density at radius 1 is 1.07 bits per heavy atom. The summed E-state index contributed by atoms with van der Waals surface area (Å²) in [5, 5.41) is 16.2. The molecule has 9 heteroatoms. The second kappa shape index (κ2) is 7.92. The quantitative estimate of drug-likeness (QED) is 0.529. The maximum Gasteiger partial charge on any atom is 0.277 e. The van der Waals surface area contributed by atoms with Gasteiger partial charge in [0.25, 0.3) is 5.91 Å². The number of anilines is 1. The molecule has 1 N–H and O–H groups in total. The maximum absolute atomic E-state index is 12.6. The monoisotopic (exact) mass is 409 g/mol. The number of amides is 1. The lowest BCUT2D eigenvalue weighted by molar-refractivity contribution is 0.102. The van der Waals surface area contributed by atoms with Gasteiger partial charge in [-0.05, 0) is 31.5 Å². The van der Waals surface area contributed by atoms with Gasteiger partial charge >= 0.3 is 0 Å². The molecule has 4 aromatic rings. The fourth-order valence-electron chi connectivity index (χ4n) is 3.02. The second-order valence-corrected chi connectivity index (χ2v) is 7.18. The molecule has 148 valence electrons. The van der Waals surface area contributed by atoms with Gasteiger partial charge in [0.05, 0.1) is 12.2 Å². The molecule has 3 aromatic heterocycles. The van der Waals surface area contributed by atoms with Gasteiger partial charge in [-0.15, -0.1) is 0 Å². The molecule has 0 fully saturated rings. The lowest BCUT2D eigenvalue weighted by Gasteiger charge is -2.04. The Bertz CT molecular complexity index is 1140. The van der Waals surface area contributed by atoms with E-state index in [1.807, 2.05) is 54.9 Å². The largest absolute Gasteiger partial charge is 0.302 e. The first-order valence-electron chi connectivity index (χ1n) is 9.10. The van der Waals surface area contributed by atoms with Gasteiger partial charge in [0, 0.05) is 18.1 Å². The van der Waals surface area contributed by atoms with Crippen LogP contribution in [0, 0.1) is 13.8 Å². The Kier molecular flexibility index (Phi) is 5.18. The SMILES string of the molecule is Cc1cc(C)n(Cn2ccc(C(=O)Nc3nn(Cc4ccccc4)cc3Cl)n2)n1. The molecule has 0 bridgehead atoms. The number of nitrogens with one attached hydrogen (secondary N) is 1. The first kappa shape index (κ1) is 18.9. The summed E-state index contributed by atoms with van der Waals surface area (Å²) < 4.78 is 5.17. The lowest BCUT2D eigenvalue weighted by atomic mass is 10.2. The van der Waals surface area contributed by atoms with Gasteiger partial charge in [0.1, 0.15) is 11.7 Å². The normalized spacial score (nSPS) is 11.0. The zero-order chi connectivity index (χ0) is 20.4. The zero-order valence-corrected chi connectivity index (χ0v) is 16.8. The van der Waals surface area contributed by atoms with Crippen LogP contribution >= 0.6 is 11.6 Å². The predicted molar refractivity (Wildman–Crippen MR) is 110 cm³/mol. The van der Waals surface area contributed by atoms with Crippen molar-refractivity contribution in [2.75, 3.05) is 5.32 Å². The number of carbonyl (C=O) groups is 1. The number of rotatable bonds is 6. The van der Waals surface area contributed by atoms with E-state index in [0.29, 0.717) is 24.1 Å². The summed E-state index contributed by atoms with van der Waals surface area (Å²) in [6.07, 6.45) is 3.42. The van der Waals surface area contributed by atoms with Crippen LogP contribution in [0.1, 0.15) is 27.4 Å². The van der Waals surface area contributed by atoms with Gasteiger partial charge < -0.3 is 5.32 Å². The fraction of sp³-hybridized carbons (Fsp3) is 0.200. The topological polar surface area (TPSA) is 82.6 Å². The van der Waals surface area contributed by atoms with Crippen molar-refractivity contribution in [3.8, 4) is 0 Å². The minimum atomic E-state index is -0.371. The maximum atomic E-state index is 12.6. The van der Waals surface area contributed by atoms with Crippen molar-refractivity contribution >= 4 is 23.3 Å². The third kappa shape index (κ3) is 4.38. The summed E-state index contributed by atoms with van der Waals surface area (Å²) >= 11 is 6.24. The molecular weight excluding hydrogens is 390 g/mol. The Hall–Kier alpha value is -3.39. The van der Waals surface area contributed by atoms with E-state index < -0.39 is 0 Å². The number of halogens is 1. The van der Waals surface area contributed by atoms with E-state index in [1.165, 1.54) is 0 Å². The number of aryl methyl sites for hydroxylation is 2. The Labute approximate surface area is 172 Å². The molecule has 0 atom stereocenters. The molecule has 0 unspecified atom stereocenters. The van der Waals surface area contributed by atoms with E-state index in [0.717, 1.165) is 17.0 Å². The molecule has 0 saturated heterocycles. The summed E-state index contributed by atoms with van der Waals surface area (Å²) in [5.74, 6) is -0.0651. The van der Waals surface area contributed by atoms with E-state index >= 15 is 0 Å². The number of benzene rings is 1. The molecule has 0 saturated carbocycles. The van der Waals surface area contributed by atoms with Crippen molar-refractivity contribution in [3.63, 3.8) is 0 Å². The Balaban J connectivity index is 1.43. The van der Waals surface area contributed by atoms with Gasteiger partial charge in [-0.1, -0.05) is 41.9 Å². The molecule has 1 amide bonds. The van der Waals surface area contributed by atoms with Crippen LogP contribution in [0.2, 0.25) is 5.02 Å². The van der Waals surface area contributed by atoms with E-state index in [9.17, 15) is 4.79 Å². The van der Waals surface area contributed by atoms with Crippen LogP contribution in [0.3, 0.4) is 0 Å². The van der Waals surface area contributed by atoms with Gasteiger partial charge in [0.2, 0.25) is 0 Å². The van der Waals surface area contributed by atoms with Crippen molar-refractivity contribution in [2.24, 2.45) is 0 Å². The third-order valence-electron chi connectivity index (χ3n) is 4.39. The van der Waals surface area contributed by atoms with Crippen LogP contribution in [0.5, 0.6) is 0 Å². The number of nitrogens with zero attached hydrogens (tertiary/aromatic N) is 6. The van der Waals surface area contributed by atoms with Gasteiger partial charge in [-0.3, -0.25) is 14.2 Å². The zero-order valence-electron chi connectivity index (χ0n) is 16.1. The highest BCUT2D eigenvalue weighted by atomic mass is 35.5. The molecule has 0 aliphatic heterocycles. The molecule has 3 heterocycles. The summed E-state index contributed by atoms with van der Waals surface area (Å²) in [5.41, 5.74) is 3.33. The molecule has 29 heavy (non-hydrogen) atoms. The Morgan fingerprint density at radius 3 is 2.59 bits per heavy atom. The van der Waals surface area contributed by atoms with Gasteiger partial charge in [0.15, 0.2) is 11.5 Å². The standard InChI is InChI=1S/C20H20ClN7O/c1-14-10-15(2)28(23-14)13-26-9-8-18(24-26)20(29)22-19-17(21)12-27(25-19)11-16-6-4-3-5-7-16/h3-10,12H,11,13H2,1-2H3,(H,22,25,29). The van der Waals surface area contributed by atoms with E-state index in [-0.39, 0.29) is 11.6 Å². The molecule has 0 spiro atoms. The van der Waals surface area contributed by atoms with E-state index in [2.05, 4.69) is 20.6 Å². The smallest absolute Gasteiger partial charge is 0.277 e. The van der Waals surface area contributed by atoms with Crippen LogP contribution < -0.4 is 5.32 Å². The highest BCUT2D eigenvalue weighted by Gasteiger charge is 2.15. The van der Waals surface area contributed by atoms with Crippen LogP contribution in [0.4, 0.5) is 5.82 Å². The molecule has 8 nitrogen and oxygen atoms in total. The molecule has 1 aromatic carbocycles. The average molecular weight is 410 g/mol. The number of aromatic nitrogens is 6. The fourth-order valence-corrected chi connectivity index (χ4v) is 3.22. The number of hydrogen-bond donors (Lipinski definition) is 1. The van der Waals surface area contributed by atoms with Crippen molar-refractivity contribution in [1.82, 2.24) is 29.3 Å². The van der Waals surface area contributed by atoms with E-state index in [1.54, 1.807) is 27.8 Å². The summed E-state index contributed by atoms with van der Waals surface area (Å²) in [7, 11) is 0. The van der Waals surface area contributed by atoms with Crippen LogP contribution in [-0.2, 0) is 13.2 Å². The molecular formula is C20H20ClN7O. The molecule has 4 rings (SSSR count). The minimum Gasteiger partial charge on any atom is -0.302 e. The lowest BCUT2D eigenvalue weighted by Crippen LogP contribution is -2.16. The average Bonchev–Trinajstić information content (AvgIpc) is 3.37. The number of hydrogen-bond acceptors (Lipinski definition) is 4. The van der Waals surface area contributed by atoms with Gasteiger partial charge in [-0.25, -0.2) is 4.68 Å². The molecule has 0 aliphatic rings. The summed E-state index contributed by atoms with van der Waals surface area (Å²) in [6, 6.07) is 13.5. The highest BCUT2D eigenvalue weighted by molar-refractivity contribution is 6.33. The molecule has 0 aliphatic carbocycles. The second-order valence-electron chi connectivity index (χ2n) is 6.77. The van der Waals surface area contributed by atoms with Crippen molar-refractivity contribution in [1.29, 1.82) is 0 Å². The van der Waals surface area contributed by atoms with Crippen molar-refractivity contribution in [2.45, 2.75) is 27.1 Å². The first-order chi connectivity index (χ1) is 14.0. The highest BCUT2D eigenvalue weighted by Crippen LogP contribution is 2.20. The van der Waals surface area contributed by atoms with Crippen LogP contribution in [0.15, 0.2) is 54.9 Å².